The number of carbonyl (C=O) groups excluding carboxylic acids is 1. The minimum Gasteiger partial charge on any atom is -0.397 e. The molecule has 0 aromatic heterocycles. The van der Waals surface area contributed by atoms with Crippen LogP contribution in [-0.2, 0) is 17.8 Å². The van der Waals surface area contributed by atoms with Crippen LogP contribution in [0.4, 0.5) is 17.1 Å². The van der Waals surface area contributed by atoms with Crippen molar-refractivity contribution in [1.82, 2.24) is 0 Å². The fraction of sp³-hybridized carbons (Fsp3) is 0.235. The molecule has 4 heteroatoms. The molecule has 1 aliphatic heterocycles. The minimum atomic E-state index is 0.0668. The molecule has 0 unspecified atom stereocenters. The molecule has 4 N–H and O–H groups in total. The van der Waals surface area contributed by atoms with Gasteiger partial charge in [0.2, 0.25) is 5.91 Å². The second-order valence-electron chi connectivity index (χ2n) is 5.42. The maximum absolute atomic E-state index is 11.5. The van der Waals surface area contributed by atoms with Gasteiger partial charge in [0, 0.05) is 18.7 Å². The molecule has 0 fully saturated rings. The lowest BCUT2D eigenvalue weighted by Gasteiger charge is -2.20. The Morgan fingerprint density at radius 2 is 2.05 bits per heavy atom. The highest BCUT2D eigenvalue weighted by atomic mass is 16.1. The van der Waals surface area contributed by atoms with Crippen LogP contribution in [0.1, 0.15) is 23.1 Å². The molecule has 108 valence electrons. The van der Waals surface area contributed by atoms with E-state index in [0.717, 1.165) is 29.0 Å². The highest BCUT2D eigenvalue weighted by Gasteiger charge is 2.16. The third-order valence-corrected chi connectivity index (χ3v) is 3.90. The molecule has 2 aromatic carbocycles. The SMILES string of the molecule is Cc1ccccc1CNc1cc2c(cc1N)CCC(=O)N2. The van der Waals surface area contributed by atoms with E-state index in [1.54, 1.807) is 0 Å². The largest absolute Gasteiger partial charge is 0.397 e. The molecule has 1 amide bonds. The number of carbonyl (C=O) groups is 1. The molecule has 4 nitrogen and oxygen atoms in total. The minimum absolute atomic E-state index is 0.0668. The van der Waals surface area contributed by atoms with Gasteiger partial charge >= 0.3 is 0 Å². The number of amides is 1. The van der Waals surface area contributed by atoms with Gasteiger partial charge in [-0.25, -0.2) is 0 Å². The summed E-state index contributed by atoms with van der Waals surface area (Å²) in [7, 11) is 0. The lowest BCUT2D eigenvalue weighted by molar-refractivity contribution is -0.116. The summed E-state index contributed by atoms with van der Waals surface area (Å²) >= 11 is 0. The summed E-state index contributed by atoms with van der Waals surface area (Å²) in [6, 6.07) is 12.1. The van der Waals surface area contributed by atoms with Crippen LogP contribution in [0.3, 0.4) is 0 Å². The van der Waals surface area contributed by atoms with Crippen molar-refractivity contribution in [2.24, 2.45) is 0 Å². The second-order valence-corrected chi connectivity index (χ2v) is 5.42. The lowest BCUT2D eigenvalue weighted by Crippen LogP contribution is -2.19. The van der Waals surface area contributed by atoms with Crippen LogP contribution in [0.25, 0.3) is 0 Å². The number of fused-ring (bicyclic) bond motifs is 1. The number of hydrogen-bond acceptors (Lipinski definition) is 3. The zero-order valence-corrected chi connectivity index (χ0v) is 12.1. The van der Waals surface area contributed by atoms with Crippen molar-refractivity contribution >= 4 is 23.0 Å². The number of benzene rings is 2. The van der Waals surface area contributed by atoms with Crippen molar-refractivity contribution in [1.29, 1.82) is 0 Å². The van der Waals surface area contributed by atoms with Crippen molar-refractivity contribution < 1.29 is 4.79 Å². The Kier molecular flexibility index (Phi) is 3.52. The van der Waals surface area contributed by atoms with Crippen molar-refractivity contribution in [2.75, 3.05) is 16.4 Å². The lowest BCUT2D eigenvalue weighted by atomic mass is 10.0. The number of hydrogen-bond donors (Lipinski definition) is 3. The second kappa shape index (κ2) is 5.48. The van der Waals surface area contributed by atoms with Gasteiger partial charge in [0.1, 0.15) is 0 Å². The first kappa shape index (κ1) is 13.5. The molecule has 0 atom stereocenters. The molecule has 1 aliphatic rings. The molecule has 21 heavy (non-hydrogen) atoms. The fourth-order valence-corrected chi connectivity index (χ4v) is 2.60. The molecule has 0 saturated carbocycles. The highest BCUT2D eigenvalue weighted by molar-refractivity contribution is 5.95. The Hall–Kier alpha value is -2.49. The van der Waals surface area contributed by atoms with E-state index in [4.69, 9.17) is 5.73 Å². The van der Waals surface area contributed by atoms with Crippen LogP contribution >= 0.6 is 0 Å². The van der Waals surface area contributed by atoms with Gasteiger partial charge in [-0.3, -0.25) is 4.79 Å². The molecular formula is C17H19N3O. The van der Waals surface area contributed by atoms with Gasteiger partial charge in [-0.05, 0) is 42.2 Å². The Morgan fingerprint density at radius 1 is 1.24 bits per heavy atom. The average molecular weight is 281 g/mol. The number of nitrogens with two attached hydrogens (primary N) is 1. The first-order valence-electron chi connectivity index (χ1n) is 7.14. The summed E-state index contributed by atoms with van der Waals surface area (Å²) in [5.74, 6) is 0.0668. The van der Waals surface area contributed by atoms with E-state index in [-0.39, 0.29) is 5.91 Å². The third-order valence-electron chi connectivity index (χ3n) is 3.90. The number of nitrogens with one attached hydrogen (secondary N) is 2. The molecule has 2 aromatic rings. The molecular weight excluding hydrogens is 262 g/mol. The standard InChI is InChI=1S/C17H19N3O/c1-11-4-2-3-5-13(11)10-19-16-9-15-12(8-14(16)18)6-7-17(21)20-15/h2-5,8-9,19H,6-7,10,18H2,1H3,(H,20,21). The first-order chi connectivity index (χ1) is 10.1. The maximum Gasteiger partial charge on any atom is 0.224 e. The average Bonchev–Trinajstić information content (AvgIpc) is 2.47. The maximum atomic E-state index is 11.5. The Balaban J connectivity index is 1.81. The van der Waals surface area contributed by atoms with E-state index in [9.17, 15) is 4.79 Å². The van der Waals surface area contributed by atoms with E-state index >= 15 is 0 Å². The van der Waals surface area contributed by atoms with Crippen molar-refractivity contribution in [3.8, 4) is 0 Å². The molecule has 0 saturated heterocycles. The molecule has 1 heterocycles. The highest BCUT2D eigenvalue weighted by Crippen LogP contribution is 2.31. The van der Waals surface area contributed by atoms with Crippen LogP contribution in [-0.4, -0.2) is 5.91 Å². The molecule has 0 bridgehead atoms. The van der Waals surface area contributed by atoms with Crippen molar-refractivity contribution in [3.05, 3.63) is 53.1 Å². The first-order valence-corrected chi connectivity index (χ1v) is 7.14. The predicted molar refractivity (Wildman–Crippen MR) is 86.3 cm³/mol. The normalized spacial score (nSPS) is 13.5. The van der Waals surface area contributed by atoms with E-state index in [2.05, 4.69) is 29.7 Å². The van der Waals surface area contributed by atoms with Gasteiger partial charge in [0.25, 0.3) is 0 Å². The third kappa shape index (κ3) is 2.84. The van der Waals surface area contributed by atoms with Gasteiger partial charge in [0.05, 0.1) is 11.4 Å². The summed E-state index contributed by atoms with van der Waals surface area (Å²) in [5, 5.41) is 6.26. The molecule has 3 rings (SSSR count). The zero-order chi connectivity index (χ0) is 14.8. The molecule has 0 spiro atoms. The van der Waals surface area contributed by atoms with Gasteiger partial charge < -0.3 is 16.4 Å². The van der Waals surface area contributed by atoms with Gasteiger partial charge in [0.15, 0.2) is 0 Å². The van der Waals surface area contributed by atoms with Gasteiger partial charge in [-0.2, -0.15) is 0 Å². The van der Waals surface area contributed by atoms with Crippen LogP contribution in [0.2, 0.25) is 0 Å². The van der Waals surface area contributed by atoms with Crippen LogP contribution in [0.15, 0.2) is 36.4 Å². The van der Waals surface area contributed by atoms with E-state index in [1.165, 1.54) is 11.1 Å². The Morgan fingerprint density at radius 3 is 2.86 bits per heavy atom. The predicted octanol–water partition coefficient (Wildman–Crippen LogP) is 3.07. The number of anilines is 3. The molecule has 0 radical (unpaired) electrons. The van der Waals surface area contributed by atoms with E-state index < -0.39 is 0 Å². The molecule has 0 aliphatic carbocycles. The quantitative estimate of drug-likeness (QED) is 0.757. The zero-order valence-electron chi connectivity index (χ0n) is 12.1. The number of aryl methyl sites for hydroxylation is 2. The van der Waals surface area contributed by atoms with E-state index in [0.29, 0.717) is 13.0 Å². The van der Waals surface area contributed by atoms with Crippen molar-refractivity contribution in [3.63, 3.8) is 0 Å². The number of nitrogen functional groups attached to an aromatic ring is 1. The summed E-state index contributed by atoms with van der Waals surface area (Å²) in [6.07, 6.45) is 1.28. The van der Waals surface area contributed by atoms with Crippen LogP contribution in [0.5, 0.6) is 0 Å². The Labute approximate surface area is 124 Å². The number of rotatable bonds is 3. The smallest absolute Gasteiger partial charge is 0.224 e. The van der Waals surface area contributed by atoms with E-state index in [1.807, 2.05) is 24.3 Å². The topological polar surface area (TPSA) is 67.1 Å². The summed E-state index contributed by atoms with van der Waals surface area (Å²) in [4.78, 5) is 11.5. The van der Waals surface area contributed by atoms with Crippen molar-refractivity contribution in [2.45, 2.75) is 26.3 Å². The summed E-state index contributed by atoms with van der Waals surface area (Å²) in [6.45, 7) is 2.80. The van der Waals surface area contributed by atoms with Crippen LogP contribution in [0, 0.1) is 6.92 Å². The monoisotopic (exact) mass is 281 g/mol. The van der Waals surface area contributed by atoms with Gasteiger partial charge in [-0.1, -0.05) is 24.3 Å². The van der Waals surface area contributed by atoms with Crippen LogP contribution < -0.4 is 16.4 Å². The Bertz CT molecular complexity index is 694. The fourth-order valence-electron chi connectivity index (χ4n) is 2.60. The summed E-state index contributed by atoms with van der Waals surface area (Å²) < 4.78 is 0. The van der Waals surface area contributed by atoms with Gasteiger partial charge in [-0.15, -0.1) is 0 Å². The summed E-state index contributed by atoms with van der Waals surface area (Å²) in [5.41, 5.74) is 12.1.